The van der Waals surface area contributed by atoms with Gasteiger partial charge in [0.2, 0.25) is 0 Å². The maximum absolute atomic E-state index is 11.6. The number of hydrogen-bond acceptors (Lipinski definition) is 5. The molecule has 0 bridgehead atoms. The summed E-state index contributed by atoms with van der Waals surface area (Å²) in [4.78, 5) is 23.4. The van der Waals surface area contributed by atoms with Crippen molar-refractivity contribution in [1.29, 1.82) is 0 Å². The first-order chi connectivity index (χ1) is 7.95. The number of aromatic nitrogens is 1. The Morgan fingerprint density at radius 3 is 2.72 bits per heavy atom. The molecule has 0 aliphatic carbocycles. The Morgan fingerprint density at radius 2 is 2.22 bits per heavy atom. The molecule has 0 fully saturated rings. The van der Waals surface area contributed by atoms with Crippen molar-refractivity contribution in [2.75, 3.05) is 6.61 Å². The SMILES string of the molecule is CCOC(=O)Cn1c(Cl)c(CC(C)N)sc1=O.Cl. The topological polar surface area (TPSA) is 74.3 Å². The number of nitrogens with two attached hydrogens (primary N) is 1. The number of hydrogen-bond donors (Lipinski definition) is 1. The second-order valence-electron chi connectivity index (χ2n) is 3.65. The summed E-state index contributed by atoms with van der Waals surface area (Å²) < 4.78 is 5.98. The van der Waals surface area contributed by atoms with E-state index in [0.717, 1.165) is 11.3 Å². The van der Waals surface area contributed by atoms with Crippen molar-refractivity contribution in [2.45, 2.75) is 32.9 Å². The second kappa shape index (κ2) is 7.78. The van der Waals surface area contributed by atoms with Crippen molar-refractivity contribution in [2.24, 2.45) is 5.73 Å². The van der Waals surface area contributed by atoms with Gasteiger partial charge in [0.05, 0.1) is 6.61 Å². The zero-order chi connectivity index (χ0) is 13.0. The Bertz CT molecular complexity index is 456. The van der Waals surface area contributed by atoms with Gasteiger partial charge in [-0.3, -0.25) is 14.2 Å². The van der Waals surface area contributed by atoms with E-state index < -0.39 is 5.97 Å². The maximum atomic E-state index is 11.6. The zero-order valence-electron chi connectivity index (χ0n) is 10.1. The van der Waals surface area contributed by atoms with Crippen LogP contribution in [0.1, 0.15) is 18.7 Å². The summed E-state index contributed by atoms with van der Waals surface area (Å²) in [6, 6.07) is -0.0819. The number of nitrogens with zero attached hydrogens (tertiary/aromatic N) is 1. The van der Waals surface area contributed by atoms with E-state index in [1.807, 2.05) is 6.92 Å². The molecule has 1 aromatic rings. The van der Waals surface area contributed by atoms with E-state index in [2.05, 4.69) is 0 Å². The van der Waals surface area contributed by atoms with Gasteiger partial charge in [0.1, 0.15) is 11.7 Å². The summed E-state index contributed by atoms with van der Waals surface area (Å²) in [5.41, 5.74) is 5.65. The molecule has 1 heterocycles. The lowest BCUT2D eigenvalue weighted by molar-refractivity contribution is -0.143. The number of rotatable bonds is 5. The van der Waals surface area contributed by atoms with Crippen LogP contribution in [0.4, 0.5) is 0 Å². The van der Waals surface area contributed by atoms with E-state index in [9.17, 15) is 9.59 Å². The van der Waals surface area contributed by atoms with Gasteiger partial charge in [-0.15, -0.1) is 12.4 Å². The number of carbonyl (C=O) groups excluding carboxylic acids is 1. The summed E-state index contributed by atoms with van der Waals surface area (Å²) >= 11 is 7.05. The van der Waals surface area contributed by atoms with Crippen LogP contribution in [-0.2, 0) is 22.5 Å². The van der Waals surface area contributed by atoms with E-state index in [-0.39, 0.29) is 41.6 Å². The van der Waals surface area contributed by atoms with Gasteiger partial charge in [-0.2, -0.15) is 0 Å². The van der Waals surface area contributed by atoms with E-state index in [1.54, 1.807) is 6.92 Å². The molecule has 18 heavy (non-hydrogen) atoms. The van der Waals surface area contributed by atoms with Gasteiger partial charge >= 0.3 is 10.8 Å². The third kappa shape index (κ3) is 4.61. The summed E-state index contributed by atoms with van der Waals surface area (Å²) in [7, 11) is 0. The van der Waals surface area contributed by atoms with E-state index in [0.29, 0.717) is 11.3 Å². The summed E-state index contributed by atoms with van der Waals surface area (Å²) in [6.07, 6.45) is 0.522. The largest absolute Gasteiger partial charge is 0.465 e. The van der Waals surface area contributed by atoms with Gasteiger partial charge in [-0.05, 0) is 20.3 Å². The molecule has 5 nitrogen and oxygen atoms in total. The lowest BCUT2D eigenvalue weighted by atomic mass is 10.2. The average molecular weight is 315 g/mol. The van der Waals surface area contributed by atoms with Crippen LogP contribution in [0.25, 0.3) is 0 Å². The average Bonchev–Trinajstić information content (AvgIpc) is 2.45. The van der Waals surface area contributed by atoms with Crippen molar-refractivity contribution < 1.29 is 9.53 Å². The Morgan fingerprint density at radius 1 is 1.61 bits per heavy atom. The first-order valence-corrected chi connectivity index (χ1v) is 6.44. The standard InChI is InChI=1S/C10H15ClN2O3S.ClH/c1-3-16-8(14)5-13-9(11)7(4-6(2)12)17-10(13)15;/h6H,3-5,12H2,1-2H3;1H. The van der Waals surface area contributed by atoms with Crippen LogP contribution in [-0.4, -0.2) is 23.2 Å². The van der Waals surface area contributed by atoms with Crippen molar-refractivity contribution in [3.05, 3.63) is 19.7 Å². The lowest BCUT2D eigenvalue weighted by Crippen LogP contribution is -2.21. The second-order valence-corrected chi connectivity index (χ2v) is 5.06. The quantitative estimate of drug-likeness (QED) is 0.834. The number of esters is 1. The predicted molar refractivity (Wildman–Crippen MR) is 74.8 cm³/mol. The number of carbonyl (C=O) groups is 1. The fourth-order valence-corrected chi connectivity index (χ4v) is 2.72. The Balaban J connectivity index is 0.00000289. The zero-order valence-corrected chi connectivity index (χ0v) is 12.5. The van der Waals surface area contributed by atoms with E-state index in [1.165, 1.54) is 4.57 Å². The minimum atomic E-state index is -0.471. The van der Waals surface area contributed by atoms with E-state index >= 15 is 0 Å². The number of ether oxygens (including phenoxy) is 1. The van der Waals surface area contributed by atoms with Gasteiger partial charge < -0.3 is 10.5 Å². The molecule has 1 aromatic heterocycles. The third-order valence-electron chi connectivity index (χ3n) is 2.00. The molecule has 2 N–H and O–H groups in total. The maximum Gasteiger partial charge on any atom is 0.326 e. The van der Waals surface area contributed by atoms with Crippen LogP contribution in [0.5, 0.6) is 0 Å². The molecule has 8 heteroatoms. The molecule has 0 aliphatic rings. The molecular weight excluding hydrogens is 299 g/mol. The Kier molecular flexibility index (Phi) is 7.54. The van der Waals surface area contributed by atoms with Crippen LogP contribution in [0.2, 0.25) is 5.15 Å². The minimum absolute atomic E-state index is 0. The van der Waals surface area contributed by atoms with Crippen LogP contribution in [0, 0.1) is 0 Å². The molecular formula is C10H16Cl2N2O3S. The molecule has 0 saturated carbocycles. The highest BCUT2D eigenvalue weighted by Gasteiger charge is 2.16. The third-order valence-corrected chi connectivity index (χ3v) is 3.54. The highest BCUT2D eigenvalue weighted by molar-refractivity contribution is 7.09. The molecule has 104 valence electrons. The van der Waals surface area contributed by atoms with Crippen LogP contribution < -0.4 is 10.6 Å². The molecule has 0 radical (unpaired) electrons. The molecule has 1 rings (SSSR count). The van der Waals surface area contributed by atoms with Gasteiger partial charge in [0.15, 0.2) is 0 Å². The Labute approximate surface area is 120 Å². The molecule has 0 aromatic carbocycles. The highest BCUT2D eigenvalue weighted by atomic mass is 35.5. The molecule has 0 spiro atoms. The minimum Gasteiger partial charge on any atom is -0.465 e. The molecule has 1 unspecified atom stereocenters. The number of halogens is 2. The summed E-state index contributed by atoms with van der Waals surface area (Å²) in [5.74, 6) is -0.471. The molecule has 0 amide bonds. The summed E-state index contributed by atoms with van der Waals surface area (Å²) in [6.45, 7) is 3.66. The van der Waals surface area contributed by atoms with Crippen LogP contribution in [0.15, 0.2) is 4.79 Å². The fourth-order valence-electron chi connectivity index (χ4n) is 1.32. The first-order valence-electron chi connectivity index (χ1n) is 5.24. The van der Waals surface area contributed by atoms with Crippen molar-refractivity contribution in [3.63, 3.8) is 0 Å². The van der Waals surface area contributed by atoms with E-state index in [4.69, 9.17) is 22.1 Å². The lowest BCUT2D eigenvalue weighted by Gasteiger charge is -2.05. The van der Waals surface area contributed by atoms with Crippen LogP contribution in [0.3, 0.4) is 0 Å². The fraction of sp³-hybridized carbons (Fsp3) is 0.600. The van der Waals surface area contributed by atoms with Gasteiger partial charge in [0.25, 0.3) is 0 Å². The predicted octanol–water partition coefficient (Wildman–Crippen LogP) is 1.44. The summed E-state index contributed by atoms with van der Waals surface area (Å²) in [5, 5.41) is 0.283. The van der Waals surface area contributed by atoms with Gasteiger partial charge in [-0.25, -0.2) is 0 Å². The smallest absolute Gasteiger partial charge is 0.326 e. The van der Waals surface area contributed by atoms with Gasteiger partial charge in [-0.1, -0.05) is 22.9 Å². The number of thiazole rings is 1. The van der Waals surface area contributed by atoms with Crippen molar-refractivity contribution >= 4 is 41.3 Å². The van der Waals surface area contributed by atoms with Crippen LogP contribution >= 0.6 is 35.3 Å². The normalized spacial score (nSPS) is 11.8. The van der Waals surface area contributed by atoms with Crippen molar-refractivity contribution in [1.82, 2.24) is 4.57 Å². The highest BCUT2D eigenvalue weighted by Crippen LogP contribution is 2.20. The molecule has 1 atom stereocenters. The Hall–Kier alpha value is -0.560. The van der Waals surface area contributed by atoms with Gasteiger partial charge in [0, 0.05) is 10.9 Å². The molecule has 0 saturated heterocycles. The first kappa shape index (κ1) is 17.4. The molecule has 0 aliphatic heterocycles. The van der Waals surface area contributed by atoms with Crippen molar-refractivity contribution in [3.8, 4) is 0 Å². The monoisotopic (exact) mass is 314 g/mol.